The molecule has 2 heterocycles. The lowest BCUT2D eigenvalue weighted by Crippen LogP contribution is -2.14. The molecule has 0 aliphatic heterocycles. The SMILES string of the molecule is Nc1ccc(C(=O)Nc2cccc3cc(Br)cnc23)nc1. The zero-order chi connectivity index (χ0) is 14.8. The molecule has 1 amide bonds. The maximum Gasteiger partial charge on any atom is 0.274 e. The number of nitrogens with one attached hydrogen (secondary N) is 1. The van der Waals surface area contributed by atoms with Crippen LogP contribution in [-0.2, 0) is 0 Å². The van der Waals surface area contributed by atoms with Crippen LogP contribution in [-0.4, -0.2) is 15.9 Å². The van der Waals surface area contributed by atoms with E-state index in [2.05, 4.69) is 31.2 Å². The number of halogens is 1. The Morgan fingerprint density at radius 1 is 1.14 bits per heavy atom. The minimum atomic E-state index is -0.299. The molecule has 104 valence electrons. The van der Waals surface area contributed by atoms with Crippen molar-refractivity contribution >= 4 is 44.1 Å². The Morgan fingerprint density at radius 3 is 2.76 bits per heavy atom. The van der Waals surface area contributed by atoms with Gasteiger partial charge in [0.1, 0.15) is 5.69 Å². The largest absolute Gasteiger partial charge is 0.397 e. The van der Waals surface area contributed by atoms with Crippen LogP contribution in [0.4, 0.5) is 11.4 Å². The lowest BCUT2D eigenvalue weighted by atomic mass is 10.2. The summed E-state index contributed by atoms with van der Waals surface area (Å²) >= 11 is 3.38. The first-order chi connectivity index (χ1) is 10.1. The minimum absolute atomic E-state index is 0.299. The number of hydrogen-bond donors (Lipinski definition) is 2. The molecule has 0 unspecified atom stereocenters. The lowest BCUT2D eigenvalue weighted by Gasteiger charge is -2.08. The van der Waals surface area contributed by atoms with Crippen molar-refractivity contribution in [3.8, 4) is 0 Å². The van der Waals surface area contributed by atoms with Crippen molar-refractivity contribution < 1.29 is 4.79 Å². The molecule has 0 aliphatic carbocycles. The molecule has 0 bridgehead atoms. The predicted molar refractivity (Wildman–Crippen MR) is 86.0 cm³/mol. The molecule has 3 rings (SSSR count). The van der Waals surface area contributed by atoms with Crippen LogP contribution in [0, 0.1) is 0 Å². The molecule has 6 heteroatoms. The van der Waals surface area contributed by atoms with E-state index in [-0.39, 0.29) is 5.91 Å². The van der Waals surface area contributed by atoms with Gasteiger partial charge in [0.05, 0.1) is 23.1 Å². The molecule has 0 aliphatic rings. The average molecular weight is 343 g/mol. The maximum absolute atomic E-state index is 12.2. The average Bonchev–Trinajstić information content (AvgIpc) is 2.47. The predicted octanol–water partition coefficient (Wildman–Crippen LogP) is 3.23. The summed E-state index contributed by atoms with van der Waals surface area (Å²) in [5.74, 6) is -0.299. The highest BCUT2D eigenvalue weighted by Crippen LogP contribution is 2.24. The summed E-state index contributed by atoms with van der Waals surface area (Å²) in [5, 5.41) is 3.76. The van der Waals surface area contributed by atoms with Gasteiger partial charge in [0, 0.05) is 16.1 Å². The number of para-hydroxylation sites is 1. The summed E-state index contributed by atoms with van der Waals surface area (Å²) in [6.07, 6.45) is 3.15. The van der Waals surface area contributed by atoms with E-state index in [0.717, 1.165) is 15.4 Å². The lowest BCUT2D eigenvalue weighted by molar-refractivity contribution is 0.102. The Bertz CT molecular complexity index is 818. The second kappa shape index (κ2) is 5.49. The monoisotopic (exact) mass is 342 g/mol. The standard InChI is InChI=1S/C15H11BrN4O/c16-10-6-9-2-1-3-12(14(9)19-7-10)20-15(21)13-5-4-11(17)8-18-13/h1-8H,17H2,(H,20,21). The molecule has 3 aromatic rings. The number of carbonyl (C=O) groups excluding carboxylic acids is 1. The number of amides is 1. The number of nitrogens with zero attached hydrogens (tertiary/aromatic N) is 2. The van der Waals surface area contributed by atoms with E-state index in [1.165, 1.54) is 6.20 Å². The molecule has 5 nitrogen and oxygen atoms in total. The van der Waals surface area contributed by atoms with Crippen LogP contribution < -0.4 is 11.1 Å². The van der Waals surface area contributed by atoms with Gasteiger partial charge in [-0.3, -0.25) is 9.78 Å². The normalized spacial score (nSPS) is 10.5. The molecular weight excluding hydrogens is 332 g/mol. The first kappa shape index (κ1) is 13.5. The molecule has 2 aromatic heterocycles. The molecule has 0 saturated carbocycles. The topological polar surface area (TPSA) is 80.9 Å². The van der Waals surface area contributed by atoms with Crippen LogP contribution in [0.3, 0.4) is 0 Å². The van der Waals surface area contributed by atoms with Crippen LogP contribution in [0.15, 0.2) is 53.3 Å². The Hall–Kier alpha value is -2.47. The maximum atomic E-state index is 12.2. The zero-order valence-corrected chi connectivity index (χ0v) is 12.5. The van der Waals surface area contributed by atoms with Gasteiger partial charge in [-0.05, 0) is 40.2 Å². The smallest absolute Gasteiger partial charge is 0.274 e. The van der Waals surface area contributed by atoms with Gasteiger partial charge in [-0.1, -0.05) is 12.1 Å². The van der Waals surface area contributed by atoms with Gasteiger partial charge in [0.15, 0.2) is 0 Å². The highest BCUT2D eigenvalue weighted by Gasteiger charge is 2.10. The Balaban J connectivity index is 1.94. The zero-order valence-electron chi connectivity index (χ0n) is 10.9. The van der Waals surface area contributed by atoms with Gasteiger partial charge in [-0.15, -0.1) is 0 Å². The third-order valence-electron chi connectivity index (χ3n) is 2.94. The van der Waals surface area contributed by atoms with E-state index in [0.29, 0.717) is 17.1 Å². The number of nitrogens with two attached hydrogens (primary N) is 1. The van der Waals surface area contributed by atoms with Gasteiger partial charge >= 0.3 is 0 Å². The molecule has 1 aromatic carbocycles. The van der Waals surface area contributed by atoms with Crippen molar-refractivity contribution in [2.45, 2.75) is 0 Å². The summed E-state index contributed by atoms with van der Waals surface area (Å²) in [7, 11) is 0. The van der Waals surface area contributed by atoms with Crippen LogP contribution in [0.25, 0.3) is 10.9 Å². The molecule has 0 fully saturated rings. The first-order valence-corrected chi connectivity index (χ1v) is 7.00. The third-order valence-corrected chi connectivity index (χ3v) is 3.38. The van der Waals surface area contributed by atoms with Crippen molar-refractivity contribution in [2.24, 2.45) is 0 Å². The van der Waals surface area contributed by atoms with Gasteiger partial charge in [0.25, 0.3) is 5.91 Å². The van der Waals surface area contributed by atoms with Gasteiger partial charge in [-0.25, -0.2) is 4.98 Å². The van der Waals surface area contributed by atoms with Gasteiger partial charge < -0.3 is 11.1 Å². The number of anilines is 2. The highest BCUT2D eigenvalue weighted by atomic mass is 79.9. The van der Waals surface area contributed by atoms with Crippen molar-refractivity contribution in [3.63, 3.8) is 0 Å². The molecule has 0 atom stereocenters. The number of benzene rings is 1. The number of hydrogen-bond acceptors (Lipinski definition) is 4. The summed E-state index contributed by atoms with van der Waals surface area (Å²) in [5.41, 5.74) is 7.75. The van der Waals surface area contributed by atoms with Crippen LogP contribution in [0.5, 0.6) is 0 Å². The molecule has 3 N–H and O–H groups in total. The third kappa shape index (κ3) is 2.85. The van der Waals surface area contributed by atoms with Crippen LogP contribution in [0.1, 0.15) is 10.5 Å². The number of aromatic nitrogens is 2. The minimum Gasteiger partial charge on any atom is -0.397 e. The van der Waals surface area contributed by atoms with Crippen molar-refractivity contribution in [1.82, 2.24) is 9.97 Å². The van der Waals surface area contributed by atoms with Crippen LogP contribution in [0.2, 0.25) is 0 Å². The Kier molecular flexibility index (Phi) is 3.53. The summed E-state index contributed by atoms with van der Waals surface area (Å²) in [6.45, 7) is 0. The van der Waals surface area contributed by atoms with E-state index in [1.54, 1.807) is 24.4 Å². The molecule has 0 saturated heterocycles. The fraction of sp³-hybridized carbons (Fsp3) is 0. The number of nitrogen functional groups attached to an aromatic ring is 1. The first-order valence-electron chi connectivity index (χ1n) is 6.20. The number of rotatable bonds is 2. The van der Waals surface area contributed by atoms with Crippen LogP contribution >= 0.6 is 15.9 Å². The van der Waals surface area contributed by atoms with Gasteiger partial charge in [-0.2, -0.15) is 0 Å². The second-order valence-electron chi connectivity index (χ2n) is 4.46. The van der Waals surface area contributed by atoms with E-state index < -0.39 is 0 Å². The molecule has 21 heavy (non-hydrogen) atoms. The quantitative estimate of drug-likeness (QED) is 0.749. The number of carbonyl (C=O) groups is 1. The number of pyridine rings is 2. The van der Waals surface area contributed by atoms with E-state index >= 15 is 0 Å². The van der Waals surface area contributed by atoms with Crippen molar-refractivity contribution in [2.75, 3.05) is 11.1 Å². The Morgan fingerprint density at radius 2 is 2.00 bits per heavy atom. The van der Waals surface area contributed by atoms with Crippen molar-refractivity contribution in [1.29, 1.82) is 0 Å². The second-order valence-corrected chi connectivity index (χ2v) is 5.38. The number of fused-ring (bicyclic) bond motifs is 1. The van der Waals surface area contributed by atoms with E-state index in [1.807, 2.05) is 18.2 Å². The fourth-order valence-corrected chi connectivity index (χ4v) is 2.31. The Labute approximate surface area is 129 Å². The summed E-state index contributed by atoms with van der Waals surface area (Å²) < 4.78 is 0.888. The molecule has 0 radical (unpaired) electrons. The summed E-state index contributed by atoms with van der Waals surface area (Å²) in [6, 6.07) is 10.8. The molecular formula is C15H11BrN4O. The van der Waals surface area contributed by atoms with Gasteiger partial charge in [0.2, 0.25) is 0 Å². The van der Waals surface area contributed by atoms with Crippen molar-refractivity contribution in [3.05, 3.63) is 59.0 Å². The van der Waals surface area contributed by atoms with E-state index in [4.69, 9.17) is 5.73 Å². The summed E-state index contributed by atoms with van der Waals surface area (Å²) in [4.78, 5) is 20.5. The van der Waals surface area contributed by atoms with E-state index in [9.17, 15) is 4.79 Å². The molecule has 0 spiro atoms. The highest BCUT2D eigenvalue weighted by molar-refractivity contribution is 9.10. The fourth-order valence-electron chi connectivity index (χ4n) is 1.96.